The van der Waals surface area contributed by atoms with E-state index in [-0.39, 0.29) is 0 Å². The molecule has 0 fully saturated rings. The predicted molar refractivity (Wildman–Crippen MR) is 126 cm³/mol. The van der Waals surface area contributed by atoms with E-state index in [2.05, 4.69) is 20.3 Å². The fourth-order valence-corrected chi connectivity index (χ4v) is 4.08. The molecule has 3 N–H and O–H groups in total. The number of thioether (sulfide) groups is 1. The van der Waals surface area contributed by atoms with Crippen LogP contribution in [0.25, 0.3) is 11.0 Å². The smallest absolute Gasteiger partial charge is 0.166 e. The zero-order chi connectivity index (χ0) is 21.8. The van der Waals surface area contributed by atoms with Crippen molar-refractivity contribution in [1.82, 2.24) is 15.0 Å². The van der Waals surface area contributed by atoms with Crippen molar-refractivity contribution in [2.75, 3.05) is 17.6 Å². The monoisotopic (exact) mass is 454 g/mol. The molecule has 0 aliphatic heterocycles. The predicted octanol–water partition coefficient (Wildman–Crippen LogP) is 5.84. The molecule has 4 rings (SSSR count). The molecule has 0 radical (unpaired) electrons. The SMILES string of the molecule is CC(C)(O)c1cc(Cl)cc2[nH]c(SCCNc3ccc(Oc4cccnc4)cc3)nc12. The topological polar surface area (TPSA) is 83.1 Å². The standard InChI is InChI=1S/C23H23ClN4O2S/c1-23(2,29)19-12-15(24)13-20-21(19)28-22(27-20)31-11-10-26-16-5-7-17(8-6-16)30-18-4-3-9-25-14-18/h3-9,12-14,26,29H,10-11H2,1-2H3,(H,27,28). The Balaban J connectivity index is 1.32. The number of imidazole rings is 1. The first-order chi connectivity index (χ1) is 14.9. The number of halogens is 1. The largest absolute Gasteiger partial charge is 0.456 e. The highest BCUT2D eigenvalue weighted by Crippen LogP contribution is 2.32. The van der Waals surface area contributed by atoms with Gasteiger partial charge >= 0.3 is 0 Å². The van der Waals surface area contributed by atoms with E-state index in [0.29, 0.717) is 16.3 Å². The number of rotatable bonds is 8. The fourth-order valence-electron chi connectivity index (χ4n) is 3.12. The summed E-state index contributed by atoms with van der Waals surface area (Å²) < 4.78 is 5.75. The lowest BCUT2D eigenvalue weighted by molar-refractivity contribution is 0.0800. The van der Waals surface area contributed by atoms with Crippen LogP contribution in [0.1, 0.15) is 19.4 Å². The number of hydrogen-bond donors (Lipinski definition) is 3. The van der Waals surface area contributed by atoms with Crippen molar-refractivity contribution in [2.45, 2.75) is 24.6 Å². The summed E-state index contributed by atoms with van der Waals surface area (Å²) in [5.41, 5.74) is 2.28. The van der Waals surface area contributed by atoms with Crippen molar-refractivity contribution in [2.24, 2.45) is 0 Å². The van der Waals surface area contributed by atoms with Crippen LogP contribution in [0.15, 0.2) is 66.1 Å². The molecule has 0 aliphatic rings. The van der Waals surface area contributed by atoms with E-state index in [4.69, 9.17) is 16.3 Å². The summed E-state index contributed by atoms with van der Waals surface area (Å²) in [6, 6.07) is 15.1. The number of anilines is 1. The van der Waals surface area contributed by atoms with E-state index < -0.39 is 5.60 Å². The molecule has 0 aliphatic carbocycles. The van der Waals surface area contributed by atoms with E-state index in [9.17, 15) is 5.11 Å². The third kappa shape index (κ3) is 5.50. The summed E-state index contributed by atoms with van der Waals surface area (Å²) in [5.74, 6) is 2.29. The Labute approximate surface area is 190 Å². The second-order valence-corrected chi connectivity index (χ2v) is 9.06. The molecule has 8 heteroatoms. The highest BCUT2D eigenvalue weighted by atomic mass is 35.5. The van der Waals surface area contributed by atoms with Crippen molar-refractivity contribution >= 4 is 40.1 Å². The molecule has 0 amide bonds. The maximum atomic E-state index is 10.4. The molecule has 6 nitrogen and oxygen atoms in total. The average molecular weight is 455 g/mol. The molecule has 0 spiro atoms. The highest BCUT2D eigenvalue weighted by Gasteiger charge is 2.22. The summed E-state index contributed by atoms with van der Waals surface area (Å²) in [6.07, 6.45) is 3.39. The molecule has 4 aromatic rings. The van der Waals surface area contributed by atoms with E-state index in [1.165, 1.54) is 0 Å². The number of nitrogens with one attached hydrogen (secondary N) is 2. The molecule has 0 saturated carbocycles. The summed E-state index contributed by atoms with van der Waals surface area (Å²) in [6.45, 7) is 4.23. The Kier molecular flexibility index (Phi) is 6.36. The van der Waals surface area contributed by atoms with Gasteiger partial charge in [-0.2, -0.15) is 0 Å². The number of hydrogen-bond acceptors (Lipinski definition) is 6. The van der Waals surface area contributed by atoms with Crippen LogP contribution in [-0.4, -0.2) is 32.4 Å². The van der Waals surface area contributed by atoms with E-state index in [1.807, 2.05) is 42.5 Å². The van der Waals surface area contributed by atoms with Crippen LogP contribution in [0.4, 0.5) is 5.69 Å². The quantitative estimate of drug-likeness (QED) is 0.229. The first-order valence-electron chi connectivity index (χ1n) is 9.85. The Morgan fingerprint density at radius 1 is 1.16 bits per heavy atom. The number of aromatic nitrogens is 3. The van der Waals surface area contributed by atoms with Gasteiger partial charge < -0.3 is 20.1 Å². The van der Waals surface area contributed by atoms with Crippen LogP contribution < -0.4 is 10.1 Å². The Hall–Kier alpha value is -2.74. The molecule has 0 atom stereocenters. The second-order valence-electron chi connectivity index (χ2n) is 7.54. The number of aromatic amines is 1. The van der Waals surface area contributed by atoms with Gasteiger partial charge in [0, 0.05) is 34.8 Å². The molecule has 2 heterocycles. The van der Waals surface area contributed by atoms with Crippen LogP contribution in [0.3, 0.4) is 0 Å². The third-order valence-electron chi connectivity index (χ3n) is 4.58. The third-order valence-corrected chi connectivity index (χ3v) is 5.68. The van der Waals surface area contributed by atoms with Gasteiger partial charge in [-0.3, -0.25) is 4.98 Å². The molecule has 0 unspecified atom stereocenters. The summed E-state index contributed by atoms with van der Waals surface area (Å²) in [7, 11) is 0. The normalized spacial score (nSPS) is 11.6. The van der Waals surface area contributed by atoms with Crippen LogP contribution in [0.5, 0.6) is 11.5 Å². The fraction of sp³-hybridized carbons (Fsp3) is 0.217. The number of fused-ring (bicyclic) bond motifs is 1. The first kappa shape index (κ1) is 21.5. The second kappa shape index (κ2) is 9.18. The molecule has 160 valence electrons. The summed E-state index contributed by atoms with van der Waals surface area (Å²) in [5, 5.41) is 15.2. The lowest BCUT2D eigenvalue weighted by Gasteiger charge is -2.18. The number of ether oxygens (including phenoxy) is 1. The number of benzene rings is 2. The van der Waals surface area contributed by atoms with Crippen LogP contribution in [0, 0.1) is 0 Å². The lowest BCUT2D eigenvalue weighted by atomic mass is 9.97. The van der Waals surface area contributed by atoms with Crippen molar-refractivity contribution in [3.05, 3.63) is 71.5 Å². The average Bonchev–Trinajstić information content (AvgIpc) is 3.14. The van der Waals surface area contributed by atoms with Gasteiger partial charge in [0.05, 0.1) is 22.8 Å². The van der Waals surface area contributed by atoms with Gasteiger partial charge in [0.15, 0.2) is 5.16 Å². The van der Waals surface area contributed by atoms with Gasteiger partial charge in [-0.05, 0) is 62.4 Å². The van der Waals surface area contributed by atoms with Gasteiger partial charge in [0.1, 0.15) is 11.5 Å². The van der Waals surface area contributed by atoms with Crippen molar-refractivity contribution in [3.8, 4) is 11.5 Å². The molecule has 2 aromatic heterocycles. The Morgan fingerprint density at radius 2 is 1.97 bits per heavy atom. The van der Waals surface area contributed by atoms with Crippen LogP contribution >= 0.6 is 23.4 Å². The Morgan fingerprint density at radius 3 is 2.68 bits per heavy atom. The Bertz CT molecular complexity index is 1160. The number of H-pyrrole nitrogens is 1. The molecule has 2 aromatic carbocycles. The molecular weight excluding hydrogens is 432 g/mol. The minimum Gasteiger partial charge on any atom is -0.456 e. The van der Waals surface area contributed by atoms with E-state index in [1.54, 1.807) is 44.1 Å². The minimum atomic E-state index is -1.02. The van der Waals surface area contributed by atoms with Crippen LogP contribution in [0.2, 0.25) is 5.02 Å². The van der Waals surface area contributed by atoms with Gasteiger partial charge in [-0.1, -0.05) is 23.4 Å². The van der Waals surface area contributed by atoms with E-state index >= 15 is 0 Å². The first-order valence-corrected chi connectivity index (χ1v) is 11.2. The number of pyridine rings is 1. The summed E-state index contributed by atoms with van der Waals surface area (Å²) in [4.78, 5) is 12.0. The van der Waals surface area contributed by atoms with Crippen LogP contribution in [-0.2, 0) is 5.60 Å². The maximum Gasteiger partial charge on any atom is 0.166 e. The van der Waals surface area contributed by atoms with Gasteiger partial charge in [0.2, 0.25) is 0 Å². The molecule has 0 saturated heterocycles. The lowest BCUT2D eigenvalue weighted by Crippen LogP contribution is -2.16. The molecule has 31 heavy (non-hydrogen) atoms. The number of aliphatic hydroxyl groups is 1. The van der Waals surface area contributed by atoms with Gasteiger partial charge in [-0.15, -0.1) is 0 Å². The van der Waals surface area contributed by atoms with Crippen molar-refractivity contribution in [1.29, 1.82) is 0 Å². The van der Waals surface area contributed by atoms with Crippen molar-refractivity contribution < 1.29 is 9.84 Å². The van der Waals surface area contributed by atoms with Gasteiger partial charge in [0.25, 0.3) is 0 Å². The summed E-state index contributed by atoms with van der Waals surface area (Å²) >= 11 is 7.81. The molecular formula is C23H23ClN4O2S. The zero-order valence-corrected chi connectivity index (χ0v) is 18.8. The molecule has 0 bridgehead atoms. The zero-order valence-electron chi connectivity index (χ0n) is 17.2. The van der Waals surface area contributed by atoms with Gasteiger partial charge in [-0.25, -0.2) is 4.98 Å². The highest BCUT2D eigenvalue weighted by molar-refractivity contribution is 7.99. The maximum absolute atomic E-state index is 10.4. The van der Waals surface area contributed by atoms with Crippen molar-refractivity contribution in [3.63, 3.8) is 0 Å². The minimum absolute atomic E-state index is 0.572. The van der Waals surface area contributed by atoms with E-state index in [0.717, 1.165) is 39.9 Å². The number of nitrogens with zero attached hydrogens (tertiary/aromatic N) is 2.